The molecule has 0 atom stereocenters. The zero-order valence-electron chi connectivity index (χ0n) is 22.5. The van der Waals surface area contributed by atoms with Crippen molar-refractivity contribution in [2.24, 2.45) is 0 Å². The second kappa shape index (κ2) is 8.88. The first-order chi connectivity index (χ1) is 20.8. The fourth-order valence-corrected chi connectivity index (χ4v) is 6.28. The van der Waals surface area contributed by atoms with Gasteiger partial charge in [-0.15, -0.1) is 0 Å². The number of fused-ring (bicyclic) bond motifs is 8. The monoisotopic (exact) mass is 537 g/mol. The lowest BCUT2D eigenvalue weighted by Gasteiger charge is -2.13. The van der Waals surface area contributed by atoms with Gasteiger partial charge < -0.3 is 8.98 Å². The molecule has 4 nitrogen and oxygen atoms in total. The molecule has 0 spiro atoms. The topological polar surface area (TPSA) is 43.9 Å². The lowest BCUT2D eigenvalue weighted by Crippen LogP contribution is -1.98. The van der Waals surface area contributed by atoms with E-state index >= 15 is 0 Å². The molecule has 0 unspecified atom stereocenters. The molecule has 9 rings (SSSR count). The molecule has 42 heavy (non-hydrogen) atoms. The van der Waals surface area contributed by atoms with Crippen molar-refractivity contribution in [2.45, 2.75) is 0 Å². The van der Waals surface area contributed by atoms with E-state index in [1.54, 1.807) is 0 Å². The normalized spacial score (nSPS) is 11.8. The van der Waals surface area contributed by atoms with Gasteiger partial charge in [0.1, 0.15) is 5.58 Å². The molecule has 0 saturated carbocycles. The molecular weight excluding hydrogens is 514 g/mol. The molecule has 9 aromatic rings. The van der Waals surface area contributed by atoms with E-state index < -0.39 is 0 Å². The lowest BCUT2D eigenvalue weighted by molar-refractivity contribution is 0.671. The van der Waals surface area contributed by atoms with E-state index in [1.165, 1.54) is 5.39 Å². The van der Waals surface area contributed by atoms with Crippen LogP contribution in [0.4, 0.5) is 0 Å². The summed E-state index contributed by atoms with van der Waals surface area (Å²) >= 11 is 0. The van der Waals surface area contributed by atoms with Gasteiger partial charge >= 0.3 is 0 Å². The zero-order chi connectivity index (χ0) is 27.6. The summed E-state index contributed by atoms with van der Waals surface area (Å²) in [4.78, 5) is 10.4. The van der Waals surface area contributed by atoms with Gasteiger partial charge in [0.25, 0.3) is 0 Å². The smallest absolute Gasteiger partial charge is 0.160 e. The van der Waals surface area contributed by atoms with E-state index in [4.69, 9.17) is 14.4 Å². The molecule has 3 aromatic heterocycles. The Balaban J connectivity index is 1.36. The molecule has 0 radical (unpaired) electrons. The Kier molecular flexibility index (Phi) is 4.87. The number of hydrogen-bond donors (Lipinski definition) is 0. The molecule has 196 valence electrons. The molecule has 6 aromatic carbocycles. The highest BCUT2D eigenvalue weighted by molar-refractivity contribution is 6.21. The molecule has 0 aliphatic carbocycles. The number of aromatic nitrogens is 3. The van der Waals surface area contributed by atoms with Crippen molar-refractivity contribution in [3.8, 4) is 28.2 Å². The van der Waals surface area contributed by atoms with Crippen LogP contribution < -0.4 is 0 Å². The average molecular weight is 538 g/mol. The molecule has 0 fully saturated rings. The molecule has 0 aliphatic rings. The highest BCUT2D eigenvalue weighted by Gasteiger charge is 2.20. The largest absolute Gasteiger partial charge is 0.454 e. The number of furan rings is 1. The van der Waals surface area contributed by atoms with Gasteiger partial charge in [0.2, 0.25) is 0 Å². The first-order valence-corrected chi connectivity index (χ1v) is 14.1. The van der Waals surface area contributed by atoms with Crippen LogP contribution in [0, 0.1) is 0 Å². The van der Waals surface area contributed by atoms with Crippen LogP contribution in [0.25, 0.3) is 83.0 Å². The van der Waals surface area contributed by atoms with Gasteiger partial charge in [-0.05, 0) is 36.4 Å². The summed E-state index contributed by atoms with van der Waals surface area (Å²) in [6.07, 6.45) is 0. The Hall–Kier alpha value is -5.74. The van der Waals surface area contributed by atoms with Gasteiger partial charge in [0.05, 0.1) is 33.5 Å². The van der Waals surface area contributed by atoms with E-state index in [9.17, 15) is 0 Å². The van der Waals surface area contributed by atoms with E-state index in [1.807, 2.05) is 48.5 Å². The zero-order valence-corrected chi connectivity index (χ0v) is 22.5. The first kappa shape index (κ1) is 23.0. The van der Waals surface area contributed by atoms with E-state index in [-0.39, 0.29) is 0 Å². The number of rotatable bonds is 3. The first-order valence-electron chi connectivity index (χ1n) is 14.1. The molecular formula is C38H23N3O. The third-order valence-electron chi connectivity index (χ3n) is 8.18. The standard InChI is InChI=1S/C38H23N3O/c1-3-11-24(12-4-1)35-36(25-13-5-2-6-14-25)40-32-23-26(19-22-31(32)39-35)41-33-17-9-7-15-27(33)29-20-21-30-28-16-8-10-18-34(28)42-38(30)37(29)41/h1-23H. The number of hydrogen-bond acceptors (Lipinski definition) is 3. The van der Waals surface area contributed by atoms with Crippen LogP contribution in [0.3, 0.4) is 0 Å². The summed E-state index contributed by atoms with van der Waals surface area (Å²) in [6, 6.07) is 48.2. The van der Waals surface area contributed by atoms with Gasteiger partial charge in [-0.2, -0.15) is 0 Å². The van der Waals surface area contributed by atoms with Crippen LogP contribution in [-0.2, 0) is 0 Å². The summed E-state index contributed by atoms with van der Waals surface area (Å²) in [6.45, 7) is 0. The van der Waals surface area contributed by atoms with Crippen LogP contribution in [0.2, 0.25) is 0 Å². The second-order valence-corrected chi connectivity index (χ2v) is 10.6. The minimum atomic E-state index is 0.841. The van der Waals surface area contributed by atoms with Crippen molar-refractivity contribution >= 4 is 54.8 Å². The van der Waals surface area contributed by atoms with Gasteiger partial charge in [-0.1, -0.05) is 103 Å². The van der Waals surface area contributed by atoms with Crippen LogP contribution in [0.5, 0.6) is 0 Å². The quantitative estimate of drug-likeness (QED) is 0.225. The van der Waals surface area contributed by atoms with Crippen molar-refractivity contribution in [2.75, 3.05) is 0 Å². The Morgan fingerprint density at radius 2 is 1.10 bits per heavy atom. The minimum absolute atomic E-state index is 0.841. The predicted octanol–water partition coefficient (Wildman–Crippen LogP) is 9.96. The molecule has 0 amide bonds. The van der Waals surface area contributed by atoms with Crippen molar-refractivity contribution in [3.05, 3.63) is 140 Å². The molecule has 0 saturated heterocycles. The lowest BCUT2D eigenvalue weighted by atomic mass is 10.0. The molecule has 3 heterocycles. The van der Waals surface area contributed by atoms with Crippen molar-refractivity contribution in [3.63, 3.8) is 0 Å². The molecule has 0 aliphatic heterocycles. The van der Waals surface area contributed by atoms with Crippen molar-refractivity contribution in [1.82, 2.24) is 14.5 Å². The van der Waals surface area contributed by atoms with Gasteiger partial charge in [-0.3, -0.25) is 0 Å². The predicted molar refractivity (Wildman–Crippen MR) is 172 cm³/mol. The molecule has 4 heteroatoms. The second-order valence-electron chi connectivity index (χ2n) is 10.6. The van der Waals surface area contributed by atoms with E-state index in [0.717, 1.165) is 77.6 Å². The van der Waals surface area contributed by atoms with Crippen LogP contribution in [0.1, 0.15) is 0 Å². The molecule has 0 N–H and O–H groups in total. The van der Waals surface area contributed by atoms with Crippen LogP contribution in [-0.4, -0.2) is 14.5 Å². The third kappa shape index (κ3) is 3.36. The maximum Gasteiger partial charge on any atom is 0.160 e. The Morgan fingerprint density at radius 3 is 1.86 bits per heavy atom. The van der Waals surface area contributed by atoms with Crippen molar-refractivity contribution in [1.29, 1.82) is 0 Å². The number of benzene rings is 6. The summed E-state index contributed by atoms with van der Waals surface area (Å²) in [5.74, 6) is 0. The average Bonchev–Trinajstić information content (AvgIpc) is 3.61. The van der Waals surface area contributed by atoms with Gasteiger partial charge in [0, 0.05) is 38.4 Å². The van der Waals surface area contributed by atoms with Crippen LogP contribution >= 0.6 is 0 Å². The Labute approximate surface area is 241 Å². The summed E-state index contributed by atoms with van der Waals surface area (Å²) in [7, 11) is 0. The highest BCUT2D eigenvalue weighted by Crippen LogP contribution is 2.40. The maximum absolute atomic E-state index is 6.54. The summed E-state index contributed by atoms with van der Waals surface area (Å²) < 4.78 is 8.85. The highest BCUT2D eigenvalue weighted by atomic mass is 16.3. The minimum Gasteiger partial charge on any atom is -0.454 e. The fourth-order valence-electron chi connectivity index (χ4n) is 6.28. The van der Waals surface area contributed by atoms with E-state index in [2.05, 4.69) is 95.6 Å². The van der Waals surface area contributed by atoms with Crippen molar-refractivity contribution < 1.29 is 4.42 Å². The Bertz CT molecular complexity index is 2460. The van der Waals surface area contributed by atoms with Gasteiger partial charge in [0.15, 0.2) is 5.58 Å². The fraction of sp³-hybridized carbons (Fsp3) is 0. The van der Waals surface area contributed by atoms with E-state index in [0.29, 0.717) is 0 Å². The third-order valence-corrected chi connectivity index (χ3v) is 8.18. The maximum atomic E-state index is 6.54. The number of para-hydroxylation sites is 2. The SMILES string of the molecule is c1ccc(-c2nc3ccc(-n4c5ccccc5c5ccc6c7ccccc7oc6c54)cc3nc2-c2ccccc2)cc1. The van der Waals surface area contributed by atoms with Crippen LogP contribution in [0.15, 0.2) is 144 Å². The van der Waals surface area contributed by atoms with Gasteiger partial charge in [-0.25, -0.2) is 9.97 Å². The number of nitrogens with zero attached hydrogens (tertiary/aromatic N) is 3. The summed E-state index contributed by atoms with van der Waals surface area (Å²) in [5, 5.41) is 4.58. The molecule has 0 bridgehead atoms. The Morgan fingerprint density at radius 1 is 0.476 bits per heavy atom. The summed E-state index contributed by atoms with van der Waals surface area (Å²) in [5.41, 5.74) is 10.5.